The third-order valence-corrected chi connectivity index (χ3v) is 2.55. The molecule has 0 radical (unpaired) electrons. The Morgan fingerprint density at radius 3 is 2.41 bits per heavy atom. The largest absolute Gasteiger partial charge is 0.492 e. The van der Waals surface area contributed by atoms with E-state index >= 15 is 0 Å². The van der Waals surface area contributed by atoms with Crippen LogP contribution in [0.25, 0.3) is 0 Å². The van der Waals surface area contributed by atoms with Gasteiger partial charge in [0, 0.05) is 13.0 Å². The van der Waals surface area contributed by atoms with Gasteiger partial charge in [-0.3, -0.25) is 0 Å². The van der Waals surface area contributed by atoms with Gasteiger partial charge in [-0.1, -0.05) is 12.1 Å². The van der Waals surface area contributed by atoms with Gasteiger partial charge in [0.25, 0.3) is 0 Å². The van der Waals surface area contributed by atoms with Gasteiger partial charge in [-0.05, 0) is 44.5 Å². The van der Waals surface area contributed by atoms with E-state index in [2.05, 4.69) is 43.1 Å². The van der Waals surface area contributed by atoms with Gasteiger partial charge in [-0.15, -0.1) is 11.8 Å². The molecule has 0 aromatic heterocycles. The minimum atomic E-state index is 0.661. The van der Waals surface area contributed by atoms with Gasteiger partial charge in [0.15, 0.2) is 0 Å². The van der Waals surface area contributed by atoms with Crippen LogP contribution in [0.2, 0.25) is 0 Å². The van der Waals surface area contributed by atoms with E-state index in [9.17, 15) is 0 Å². The smallest absolute Gasteiger partial charge is 0.125 e. The third-order valence-electron chi connectivity index (χ3n) is 2.55. The summed E-state index contributed by atoms with van der Waals surface area (Å²) in [7, 11) is 1.96. The topological polar surface area (TPSA) is 21.3 Å². The first-order chi connectivity index (χ1) is 8.19. The zero-order valence-electron chi connectivity index (χ0n) is 11.2. The van der Waals surface area contributed by atoms with Crippen LogP contribution in [-0.4, -0.2) is 13.7 Å². The number of rotatable bonds is 5. The second-order valence-electron chi connectivity index (χ2n) is 4.11. The lowest BCUT2D eigenvalue weighted by molar-refractivity contribution is 0.322. The maximum absolute atomic E-state index is 5.78. The highest BCUT2D eigenvalue weighted by atomic mass is 16.5. The molecule has 0 fully saturated rings. The van der Waals surface area contributed by atoms with Crippen LogP contribution in [-0.2, 0) is 6.54 Å². The van der Waals surface area contributed by atoms with Gasteiger partial charge in [-0.25, -0.2) is 0 Å². The van der Waals surface area contributed by atoms with Gasteiger partial charge in [0.1, 0.15) is 5.75 Å². The van der Waals surface area contributed by atoms with Crippen LogP contribution in [0.4, 0.5) is 0 Å². The molecular weight excluding hydrogens is 210 g/mol. The van der Waals surface area contributed by atoms with E-state index < -0.39 is 0 Å². The molecule has 1 aromatic rings. The summed E-state index contributed by atoms with van der Waals surface area (Å²) in [6, 6.07) is 4.34. The number of hydrogen-bond acceptors (Lipinski definition) is 2. The van der Waals surface area contributed by atoms with E-state index in [1.54, 1.807) is 0 Å². The van der Waals surface area contributed by atoms with Crippen LogP contribution in [0.3, 0.4) is 0 Å². The Morgan fingerprint density at radius 1 is 1.24 bits per heavy atom. The second kappa shape index (κ2) is 6.98. The van der Waals surface area contributed by atoms with Crippen molar-refractivity contribution in [3.8, 4) is 17.6 Å². The number of hydrogen-bond donors (Lipinski definition) is 1. The molecule has 0 aliphatic heterocycles. The zero-order chi connectivity index (χ0) is 12.7. The minimum Gasteiger partial charge on any atom is -0.492 e. The molecule has 0 unspecified atom stereocenters. The Morgan fingerprint density at radius 2 is 1.88 bits per heavy atom. The van der Waals surface area contributed by atoms with Crippen molar-refractivity contribution in [2.45, 2.75) is 33.7 Å². The van der Waals surface area contributed by atoms with E-state index in [1.165, 1.54) is 16.7 Å². The van der Waals surface area contributed by atoms with Crippen LogP contribution >= 0.6 is 0 Å². The molecule has 1 rings (SSSR count). The van der Waals surface area contributed by atoms with Crippen molar-refractivity contribution in [2.75, 3.05) is 13.7 Å². The highest BCUT2D eigenvalue weighted by Crippen LogP contribution is 2.24. The van der Waals surface area contributed by atoms with Crippen molar-refractivity contribution < 1.29 is 4.74 Å². The highest BCUT2D eigenvalue weighted by Gasteiger charge is 2.05. The Kier molecular flexibility index (Phi) is 5.59. The van der Waals surface area contributed by atoms with Gasteiger partial charge in [-0.2, -0.15) is 0 Å². The van der Waals surface area contributed by atoms with Crippen LogP contribution < -0.4 is 10.1 Å². The number of nitrogens with one attached hydrogen (secondary N) is 1. The molecule has 0 atom stereocenters. The van der Waals surface area contributed by atoms with E-state index in [0.29, 0.717) is 6.61 Å². The van der Waals surface area contributed by atoms with Crippen LogP contribution in [0.15, 0.2) is 12.1 Å². The van der Waals surface area contributed by atoms with E-state index in [0.717, 1.165) is 18.7 Å². The van der Waals surface area contributed by atoms with Gasteiger partial charge in [0.05, 0.1) is 6.61 Å². The molecule has 1 aromatic carbocycles. The lowest BCUT2D eigenvalue weighted by atomic mass is 10.1. The van der Waals surface area contributed by atoms with Gasteiger partial charge < -0.3 is 10.1 Å². The summed E-state index contributed by atoms with van der Waals surface area (Å²) in [5.41, 5.74) is 3.68. The van der Waals surface area contributed by atoms with Crippen LogP contribution in [0.5, 0.6) is 5.75 Å². The molecule has 0 saturated carbocycles. The van der Waals surface area contributed by atoms with Crippen molar-refractivity contribution in [3.63, 3.8) is 0 Å². The first-order valence-corrected chi connectivity index (χ1v) is 5.96. The minimum absolute atomic E-state index is 0.661. The maximum atomic E-state index is 5.78. The molecule has 0 bridgehead atoms. The summed E-state index contributed by atoms with van der Waals surface area (Å²) in [5, 5.41) is 3.16. The SMILES string of the molecule is CC#CCCOc1c(C)cc(CNC)cc1C. The lowest BCUT2D eigenvalue weighted by Crippen LogP contribution is -2.07. The zero-order valence-corrected chi connectivity index (χ0v) is 11.2. The normalized spacial score (nSPS) is 9.65. The highest BCUT2D eigenvalue weighted by molar-refractivity contribution is 5.43. The maximum Gasteiger partial charge on any atom is 0.125 e. The summed E-state index contributed by atoms with van der Waals surface area (Å²) in [5.74, 6) is 6.88. The van der Waals surface area contributed by atoms with Gasteiger partial charge in [0.2, 0.25) is 0 Å². The molecule has 2 heteroatoms. The predicted octanol–water partition coefficient (Wildman–Crippen LogP) is 2.82. The fraction of sp³-hybridized carbons (Fsp3) is 0.467. The number of ether oxygens (including phenoxy) is 1. The second-order valence-corrected chi connectivity index (χ2v) is 4.11. The Labute approximate surface area is 104 Å². The summed E-state index contributed by atoms with van der Waals surface area (Å²) in [6.45, 7) is 7.58. The monoisotopic (exact) mass is 231 g/mol. The average molecular weight is 231 g/mol. The van der Waals surface area contributed by atoms with E-state index in [1.807, 2.05) is 14.0 Å². The van der Waals surface area contributed by atoms with E-state index in [-0.39, 0.29) is 0 Å². The molecule has 1 N–H and O–H groups in total. The molecule has 0 aliphatic carbocycles. The van der Waals surface area contributed by atoms with Crippen molar-refractivity contribution in [3.05, 3.63) is 28.8 Å². The summed E-state index contributed by atoms with van der Waals surface area (Å²) in [4.78, 5) is 0. The lowest BCUT2D eigenvalue weighted by Gasteiger charge is -2.13. The quantitative estimate of drug-likeness (QED) is 0.621. The van der Waals surface area contributed by atoms with Crippen molar-refractivity contribution in [1.82, 2.24) is 5.32 Å². The van der Waals surface area contributed by atoms with E-state index in [4.69, 9.17) is 4.74 Å². The van der Waals surface area contributed by atoms with Crippen LogP contribution in [0.1, 0.15) is 30.0 Å². The molecule has 0 aliphatic rings. The standard InChI is InChI=1S/C15H21NO/c1-5-6-7-8-17-15-12(2)9-14(11-16-4)10-13(15)3/h9-10,16H,7-8,11H2,1-4H3. The molecule has 0 heterocycles. The van der Waals surface area contributed by atoms with Crippen molar-refractivity contribution >= 4 is 0 Å². The summed E-state index contributed by atoms with van der Waals surface area (Å²) < 4.78 is 5.78. The molecule has 0 saturated heterocycles. The van der Waals surface area contributed by atoms with Crippen molar-refractivity contribution in [2.24, 2.45) is 0 Å². The summed E-state index contributed by atoms with van der Waals surface area (Å²) in [6.07, 6.45) is 0.785. The predicted molar refractivity (Wildman–Crippen MR) is 72.2 cm³/mol. The molecule has 17 heavy (non-hydrogen) atoms. The summed E-state index contributed by atoms with van der Waals surface area (Å²) >= 11 is 0. The Hall–Kier alpha value is -1.46. The van der Waals surface area contributed by atoms with Crippen LogP contribution in [0, 0.1) is 25.7 Å². The Bertz CT molecular complexity index is 403. The Balaban J connectivity index is 2.74. The number of benzene rings is 1. The number of aryl methyl sites for hydroxylation is 2. The third kappa shape index (κ3) is 4.13. The molecule has 0 amide bonds. The molecular formula is C15H21NO. The fourth-order valence-corrected chi connectivity index (χ4v) is 1.90. The molecule has 0 spiro atoms. The first kappa shape index (κ1) is 13.6. The molecule has 2 nitrogen and oxygen atoms in total. The van der Waals surface area contributed by atoms with Crippen molar-refractivity contribution in [1.29, 1.82) is 0 Å². The van der Waals surface area contributed by atoms with Gasteiger partial charge >= 0.3 is 0 Å². The average Bonchev–Trinajstić information content (AvgIpc) is 2.27. The first-order valence-electron chi connectivity index (χ1n) is 5.96. The molecule has 92 valence electrons. The fourth-order valence-electron chi connectivity index (χ4n) is 1.90.